The number of nitrogens with zero attached hydrogens (tertiary/aromatic N) is 1. The molecular formula is C12H12N2O2. The van der Waals surface area contributed by atoms with Crippen LogP contribution < -0.4 is 5.32 Å². The molecule has 4 heteroatoms. The number of fused-ring (bicyclic) bond motifs is 7. The van der Waals surface area contributed by atoms with E-state index >= 15 is 0 Å². The van der Waals surface area contributed by atoms with Crippen LogP contribution in [-0.4, -0.2) is 30.8 Å². The topological polar surface area (TPSA) is 42.9 Å². The fourth-order valence-electron chi connectivity index (χ4n) is 2.55. The number of anilines is 1. The molecule has 0 radical (unpaired) electrons. The summed E-state index contributed by atoms with van der Waals surface area (Å²) < 4.78 is 11.3. The van der Waals surface area contributed by atoms with Gasteiger partial charge in [0, 0.05) is 6.42 Å². The highest BCUT2D eigenvalue weighted by Crippen LogP contribution is 2.36. The largest absolute Gasteiger partial charge is 0.377 e. The molecule has 1 N–H and O–H groups in total. The molecule has 82 valence electrons. The fraction of sp³-hybridized carbons (Fsp3) is 0.417. The van der Waals surface area contributed by atoms with Gasteiger partial charge in [-0.1, -0.05) is 12.1 Å². The number of rotatable bonds is 0. The van der Waals surface area contributed by atoms with E-state index in [1.54, 1.807) is 0 Å². The molecule has 0 aromatic heterocycles. The Labute approximate surface area is 93.3 Å². The van der Waals surface area contributed by atoms with Crippen molar-refractivity contribution in [2.24, 2.45) is 4.99 Å². The van der Waals surface area contributed by atoms with Crippen LogP contribution in [0, 0.1) is 0 Å². The summed E-state index contributed by atoms with van der Waals surface area (Å²) in [5, 5.41) is 3.50. The molecule has 1 aromatic rings. The summed E-state index contributed by atoms with van der Waals surface area (Å²) in [6.45, 7) is 0.670. The van der Waals surface area contributed by atoms with Crippen LogP contribution >= 0.6 is 0 Å². The van der Waals surface area contributed by atoms with Gasteiger partial charge >= 0.3 is 0 Å². The minimum atomic E-state index is -0.214. The molecule has 3 aliphatic heterocycles. The lowest BCUT2D eigenvalue weighted by Crippen LogP contribution is -2.42. The normalized spacial score (nSPS) is 34.8. The SMILES string of the molecule is c1ccc2c(c1)N=C1CC(N2)C2COC1O2. The van der Waals surface area contributed by atoms with Crippen molar-refractivity contribution < 1.29 is 9.47 Å². The number of para-hydroxylation sites is 2. The Hall–Kier alpha value is -1.39. The van der Waals surface area contributed by atoms with E-state index in [1.807, 2.05) is 18.2 Å². The Bertz CT molecular complexity index is 472. The van der Waals surface area contributed by atoms with Crippen molar-refractivity contribution in [3.63, 3.8) is 0 Å². The van der Waals surface area contributed by atoms with E-state index in [2.05, 4.69) is 16.4 Å². The van der Waals surface area contributed by atoms with Gasteiger partial charge < -0.3 is 14.8 Å². The van der Waals surface area contributed by atoms with E-state index in [4.69, 9.17) is 9.47 Å². The second-order valence-corrected chi connectivity index (χ2v) is 4.42. The minimum absolute atomic E-state index is 0.162. The first-order valence-electron chi connectivity index (χ1n) is 5.60. The van der Waals surface area contributed by atoms with Crippen LogP contribution in [0.2, 0.25) is 0 Å². The number of aliphatic imine (C=N–C) groups is 1. The zero-order chi connectivity index (χ0) is 10.5. The van der Waals surface area contributed by atoms with E-state index in [9.17, 15) is 0 Å². The average molecular weight is 216 g/mol. The molecule has 0 saturated carbocycles. The summed E-state index contributed by atoms with van der Waals surface area (Å²) in [7, 11) is 0. The summed E-state index contributed by atoms with van der Waals surface area (Å²) in [6, 6.07) is 8.40. The molecule has 0 spiro atoms. The first-order valence-corrected chi connectivity index (χ1v) is 5.60. The van der Waals surface area contributed by atoms with Crippen molar-refractivity contribution in [2.75, 3.05) is 11.9 Å². The van der Waals surface area contributed by atoms with Gasteiger partial charge in [0.1, 0.15) is 6.10 Å². The number of ether oxygens (including phenoxy) is 2. The van der Waals surface area contributed by atoms with Gasteiger partial charge in [0.25, 0.3) is 0 Å². The third kappa shape index (κ3) is 1.14. The number of nitrogens with one attached hydrogen (secondary N) is 1. The highest BCUT2D eigenvalue weighted by Gasteiger charge is 2.43. The number of hydrogen-bond donors (Lipinski definition) is 1. The second kappa shape index (κ2) is 3.06. The average Bonchev–Trinajstić information content (AvgIpc) is 2.66. The van der Waals surface area contributed by atoms with Crippen LogP contribution in [0.1, 0.15) is 6.42 Å². The molecular weight excluding hydrogens is 204 g/mol. The molecule has 3 atom stereocenters. The summed E-state index contributed by atoms with van der Waals surface area (Å²) in [5.41, 5.74) is 3.09. The molecule has 3 unspecified atom stereocenters. The van der Waals surface area contributed by atoms with Gasteiger partial charge in [-0.2, -0.15) is 0 Å². The van der Waals surface area contributed by atoms with Crippen LogP contribution in [0.4, 0.5) is 11.4 Å². The zero-order valence-electron chi connectivity index (χ0n) is 8.72. The molecule has 0 amide bonds. The molecule has 4 rings (SSSR count). The van der Waals surface area contributed by atoms with Gasteiger partial charge in [-0.3, -0.25) is 4.99 Å². The van der Waals surface area contributed by atoms with Gasteiger partial charge in [0.2, 0.25) is 0 Å². The van der Waals surface area contributed by atoms with Crippen molar-refractivity contribution in [3.8, 4) is 0 Å². The third-order valence-corrected chi connectivity index (χ3v) is 3.37. The molecule has 2 fully saturated rings. The predicted octanol–water partition coefficient (Wildman–Crippen LogP) is 1.70. The lowest BCUT2D eigenvalue weighted by atomic mass is 10.0. The van der Waals surface area contributed by atoms with Crippen molar-refractivity contribution >= 4 is 17.1 Å². The van der Waals surface area contributed by atoms with Gasteiger partial charge in [-0.05, 0) is 12.1 Å². The molecule has 3 heterocycles. The Kier molecular flexibility index (Phi) is 1.67. The van der Waals surface area contributed by atoms with Gasteiger partial charge in [-0.15, -0.1) is 0 Å². The summed E-state index contributed by atoms with van der Waals surface area (Å²) in [5.74, 6) is 0. The van der Waals surface area contributed by atoms with E-state index in [0.717, 1.165) is 23.5 Å². The lowest BCUT2D eigenvalue weighted by molar-refractivity contribution is -0.0191. The lowest BCUT2D eigenvalue weighted by Gasteiger charge is -2.27. The number of benzene rings is 1. The first kappa shape index (κ1) is 8.73. The maximum atomic E-state index is 5.76. The Balaban J connectivity index is 1.87. The quantitative estimate of drug-likeness (QED) is 0.717. The van der Waals surface area contributed by atoms with E-state index < -0.39 is 0 Å². The Morgan fingerprint density at radius 1 is 1.31 bits per heavy atom. The van der Waals surface area contributed by atoms with Crippen molar-refractivity contribution in [2.45, 2.75) is 24.9 Å². The molecule has 4 bridgehead atoms. The van der Waals surface area contributed by atoms with Gasteiger partial charge in [0.05, 0.1) is 29.7 Å². The number of hydrogen-bond acceptors (Lipinski definition) is 4. The standard InChI is InChI=1S/C12H12N2O2/c1-2-4-8-7(3-1)13-9-5-10(14-8)12-15-6-11(9)16-12/h1-4,9,11-13H,5-6H2. The van der Waals surface area contributed by atoms with Crippen molar-refractivity contribution in [3.05, 3.63) is 24.3 Å². The van der Waals surface area contributed by atoms with Crippen LogP contribution in [0.5, 0.6) is 0 Å². The van der Waals surface area contributed by atoms with Crippen LogP contribution in [0.25, 0.3) is 0 Å². The zero-order valence-corrected chi connectivity index (χ0v) is 8.72. The van der Waals surface area contributed by atoms with Crippen molar-refractivity contribution in [1.29, 1.82) is 0 Å². The Morgan fingerprint density at radius 2 is 2.25 bits per heavy atom. The molecule has 2 saturated heterocycles. The van der Waals surface area contributed by atoms with Gasteiger partial charge in [0.15, 0.2) is 6.29 Å². The Morgan fingerprint density at radius 3 is 3.25 bits per heavy atom. The van der Waals surface area contributed by atoms with Gasteiger partial charge in [-0.25, -0.2) is 0 Å². The summed E-state index contributed by atoms with van der Waals surface area (Å²) >= 11 is 0. The predicted molar refractivity (Wildman–Crippen MR) is 60.2 cm³/mol. The maximum absolute atomic E-state index is 5.76. The van der Waals surface area contributed by atoms with Crippen LogP contribution in [-0.2, 0) is 9.47 Å². The fourth-order valence-corrected chi connectivity index (χ4v) is 2.55. The second-order valence-electron chi connectivity index (χ2n) is 4.42. The van der Waals surface area contributed by atoms with E-state index in [-0.39, 0.29) is 12.4 Å². The smallest absolute Gasteiger partial charge is 0.197 e. The molecule has 1 aromatic carbocycles. The van der Waals surface area contributed by atoms with Crippen LogP contribution in [0.3, 0.4) is 0 Å². The van der Waals surface area contributed by atoms with Crippen LogP contribution in [0.15, 0.2) is 29.3 Å². The monoisotopic (exact) mass is 216 g/mol. The van der Waals surface area contributed by atoms with E-state index in [0.29, 0.717) is 12.6 Å². The highest BCUT2D eigenvalue weighted by atomic mass is 16.7. The minimum Gasteiger partial charge on any atom is -0.377 e. The van der Waals surface area contributed by atoms with Crippen molar-refractivity contribution in [1.82, 2.24) is 0 Å². The van der Waals surface area contributed by atoms with E-state index in [1.165, 1.54) is 0 Å². The molecule has 3 aliphatic rings. The summed E-state index contributed by atoms with van der Waals surface area (Å²) in [4.78, 5) is 4.64. The summed E-state index contributed by atoms with van der Waals surface area (Å²) in [6.07, 6.45) is 0.869. The molecule has 4 nitrogen and oxygen atoms in total. The first-order chi connectivity index (χ1) is 7.90. The maximum Gasteiger partial charge on any atom is 0.197 e. The molecule has 0 aliphatic carbocycles. The highest BCUT2D eigenvalue weighted by molar-refractivity contribution is 5.94. The third-order valence-electron chi connectivity index (χ3n) is 3.37. The molecule has 16 heavy (non-hydrogen) atoms.